The topological polar surface area (TPSA) is 18.5 Å². The molecule has 0 amide bonds. The van der Waals surface area contributed by atoms with Gasteiger partial charge in [0.1, 0.15) is 40.5 Å². The fourth-order valence-corrected chi connectivity index (χ4v) is 4.30. The van der Waals surface area contributed by atoms with Gasteiger partial charge in [-0.05, 0) is 65.9 Å². The molecule has 1 aliphatic rings. The van der Waals surface area contributed by atoms with Crippen molar-refractivity contribution in [1.29, 1.82) is 0 Å². The Hall–Kier alpha value is -3.05. The van der Waals surface area contributed by atoms with Crippen LogP contribution < -0.4 is 0 Å². The predicted molar refractivity (Wildman–Crippen MR) is 120 cm³/mol. The van der Waals surface area contributed by atoms with Gasteiger partial charge in [-0.3, -0.25) is 0 Å². The van der Waals surface area contributed by atoms with Crippen molar-refractivity contribution in [3.05, 3.63) is 82.4 Å². The Morgan fingerprint density at radius 3 is 1.53 bits per heavy atom. The summed E-state index contributed by atoms with van der Waals surface area (Å²) in [6, 6.07) is 3.32. The zero-order chi connectivity index (χ0) is 27.8. The molecule has 0 unspecified atom stereocenters. The standard InChI is InChI=1S/C27H21F9O2/c1-2-13-11-37-23(38-12-13)4-3-14-5-17(28)24(18(29)6-14)15-7-19(30)25(20(31)8-15)16-9-21(32)26(22(33)10-16)27(34,35)36/h5-10,13,23H,2-4,11-12H2,1H3. The highest BCUT2D eigenvalue weighted by atomic mass is 19.4. The smallest absolute Gasteiger partial charge is 0.352 e. The molecule has 0 saturated carbocycles. The van der Waals surface area contributed by atoms with E-state index in [1.54, 1.807) is 0 Å². The van der Waals surface area contributed by atoms with Gasteiger partial charge in [-0.15, -0.1) is 0 Å². The summed E-state index contributed by atoms with van der Waals surface area (Å²) in [7, 11) is 0. The third-order valence-corrected chi connectivity index (χ3v) is 6.33. The van der Waals surface area contributed by atoms with Crippen molar-refractivity contribution in [3.8, 4) is 22.3 Å². The Bertz CT molecular complexity index is 1260. The molecule has 2 nitrogen and oxygen atoms in total. The Morgan fingerprint density at radius 1 is 0.684 bits per heavy atom. The maximum absolute atomic E-state index is 14.9. The molecule has 0 atom stereocenters. The molecule has 1 aliphatic heterocycles. The van der Waals surface area contributed by atoms with E-state index in [9.17, 15) is 39.5 Å². The molecular formula is C27H21F9O2. The molecule has 11 heteroatoms. The molecule has 0 N–H and O–H groups in total. The van der Waals surface area contributed by atoms with Crippen LogP contribution >= 0.6 is 0 Å². The van der Waals surface area contributed by atoms with E-state index in [-0.39, 0.29) is 30.0 Å². The molecule has 0 spiro atoms. The number of rotatable bonds is 6. The highest BCUT2D eigenvalue weighted by Gasteiger charge is 2.38. The highest BCUT2D eigenvalue weighted by Crippen LogP contribution is 2.38. The Kier molecular flexibility index (Phi) is 8.08. The lowest BCUT2D eigenvalue weighted by Crippen LogP contribution is -2.32. The first-order valence-corrected chi connectivity index (χ1v) is 11.7. The van der Waals surface area contributed by atoms with Crippen molar-refractivity contribution in [1.82, 2.24) is 0 Å². The molecule has 1 saturated heterocycles. The number of ether oxygens (including phenoxy) is 2. The van der Waals surface area contributed by atoms with Crippen molar-refractivity contribution in [2.24, 2.45) is 5.92 Å². The van der Waals surface area contributed by atoms with Crippen LogP contribution in [0.15, 0.2) is 36.4 Å². The monoisotopic (exact) mass is 548 g/mol. The van der Waals surface area contributed by atoms with Gasteiger partial charge in [0, 0.05) is 12.3 Å². The second kappa shape index (κ2) is 11.0. The molecule has 0 aromatic heterocycles. The third-order valence-electron chi connectivity index (χ3n) is 6.33. The summed E-state index contributed by atoms with van der Waals surface area (Å²) in [5, 5.41) is 0. The zero-order valence-corrected chi connectivity index (χ0v) is 19.9. The van der Waals surface area contributed by atoms with Crippen molar-refractivity contribution in [3.63, 3.8) is 0 Å². The van der Waals surface area contributed by atoms with Crippen molar-refractivity contribution in [2.45, 2.75) is 38.7 Å². The highest BCUT2D eigenvalue weighted by molar-refractivity contribution is 5.73. The van der Waals surface area contributed by atoms with Crippen LogP contribution in [-0.2, 0) is 22.1 Å². The van der Waals surface area contributed by atoms with E-state index in [4.69, 9.17) is 9.47 Å². The molecular weight excluding hydrogens is 527 g/mol. The van der Waals surface area contributed by atoms with Gasteiger partial charge in [-0.2, -0.15) is 13.2 Å². The molecule has 4 rings (SSSR count). The van der Waals surface area contributed by atoms with Gasteiger partial charge in [0.25, 0.3) is 0 Å². The minimum Gasteiger partial charge on any atom is -0.352 e. The minimum absolute atomic E-state index is 0.130. The second-order valence-corrected chi connectivity index (χ2v) is 8.97. The summed E-state index contributed by atoms with van der Waals surface area (Å²) < 4.78 is 137. The van der Waals surface area contributed by atoms with E-state index in [2.05, 4.69) is 0 Å². The largest absolute Gasteiger partial charge is 0.422 e. The fraction of sp³-hybridized carbons (Fsp3) is 0.333. The van der Waals surface area contributed by atoms with Crippen LogP contribution in [0.2, 0.25) is 0 Å². The maximum Gasteiger partial charge on any atom is 0.422 e. The van der Waals surface area contributed by atoms with E-state index in [1.165, 1.54) is 0 Å². The van der Waals surface area contributed by atoms with Crippen LogP contribution in [0.25, 0.3) is 22.3 Å². The molecule has 3 aromatic rings. The van der Waals surface area contributed by atoms with Crippen LogP contribution in [0.3, 0.4) is 0 Å². The van der Waals surface area contributed by atoms with E-state index >= 15 is 0 Å². The lowest BCUT2D eigenvalue weighted by Gasteiger charge is -2.28. The van der Waals surface area contributed by atoms with Gasteiger partial charge < -0.3 is 9.47 Å². The van der Waals surface area contributed by atoms with Gasteiger partial charge in [0.2, 0.25) is 0 Å². The van der Waals surface area contributed by atoms with Gasteiger partial charge >= 0.3 is 6.18 Å². The molecule has 38 heavy (non-hydrogen) atoms. The van der Waals surface area contributed by atoms with Crippen LogP contribution in [0.4, 0.5) is 39.5 Å². The Labute approximate surface area is 212 Å². The number of benzene rings is 3. The molecule has 1 heterocycles. The number of hydrogen-bond donors (Lipinski definition) is 0. The van der Waals surface area contributed by atoms with E-state index in [1.807, 2.05) is 6.92 Å². The second-order valence-electron chi connectivity index (χ2n) is 8.97. The SMILES string of the molecule is CCC1COC(CCc2cc(F)c(-c3cc(F)c(-c4cc(F)c(C(F)(F)F)c(F)c4)c(F)c3)c(F)c2)OC1. The average Bonchev–Trinajstić information content (AvgIpc) is 2.81. The molecule has 204 valence electrons. The summed E-state index contributed by atoms with van der Waals surface area (Å²) in [6.45, 7) is 3.04. The Morgan fingerprint density at radius 2 is 1.11 bits per heavy atom. The molecule has 0 radical (unpaired) electrons. The van der Waals surface area contributed by atoms with Crippen LogP contribution in [-0.4, -0.2) is 19.5 Å². The number of aryl methyl sites for hydroxylation is 1. The van der Waals surface area contributed by atoms with Gasteiger partial charge in [-0.25, -0.2) is 26.3 Å². The van der Waals surface area contributed by atoms with Crippen molar-refractivity contribution < 1.29 is 49.0 Å². The lowest BCUT2D eigenvalue weighted by atomic mass is 9.96. The van der Waals surface area contributed by atoms with Crippen LogP contribution in [0, 0.1) is 40.8 Å². The molecule has 3 aromatic carbocycles. The van der Waals surface area contributed by atoms with Gasteiger partial charge in [0.15, 0.2) is 6.29 Å². The molecule has 0 aliphatic carbocycles. The average molecular weight is 548 g/mol. The summed E-state index contributed by atoms with van der Waals surface area (Å²) >= 11 is 0. The van der Waals surface area contributed by atoms with E-state index < -0.39 is 75.2 Å². The molecule has 0 bridgehead atoms. The number of halogens is 9. The van der Waals surface area contributed by atoms with Crippen molar-refractivity contribution >= 4 is 0 Å². The number of hydrogen-bond acceptors (Lipinski definition) is 2. The van der Waals surface area contributed by atoms with Gasteiger partial charge in [-0.1, -0.05) is 6.92 Å². The first-order chi connectivity index (χ1) is 17.9. The third kappa shape index (κ3) is 5.83. The maximum atomic E-state index is 14.9. The zero-order valence-electron chi connectivity index (χ0n) is 19.9. The summed E-state index contributed by atoms with van der Waals surface area (Å²) in [4.78, 5) is 0. The molecule has 1 fully saturated rings. The van der Waals surface area contributed by atoms with E-state index in [0.717, 1.165) is 18.6 Å². The van der Waals surface area contributed by atoms with Crippen LogP contribution in [0.1, 0.15) is 30.9 Å². The predicted octanol–water partition coefficient (Wildman–Crippen LogP) is 8.21. The normalized spacial score (nSPS) is 18.2. The first kappa shape index (κ1) is 28.0. The number of alkyl halides is 3. The Balaban J connectivity index is 1.59. The first-order valence-electron chi connectivity index (χ1n) is 11.7. The minimum atomic E-state index is -5.37. The van der Waals surface area contributed by atoms with Gasteiger partial charge in [0.05, 0.1) is 24.3 Å². The quantitative estimate of drug-likeness (QED) is 0.289. The van der Waals surface area contributed by atoms with Crippen LogP contribution in [0.5, 0.6) is 0 Å². The summed E-state index contributed by atoms with van der Waals surface area (Å²) in [5.41, 5.74) is -5.18. The lowest BCUT2D eigenvalue weighted by molar-refractivity contribution is -0.202. The summed E-state index contributed by atoms with van der Waals surface area (Å²) in [6.07, 6.45) is -4.48. The summed E-state index contributed by atoms with van der Waals surface area (Å²) in [5.74, 6) is -9.07. The fourth-order valence-electron chi connectivity index (χ4n) is 4.30. The van der Waals surface area contributed by atoms with Crippen molar-refractivity contribution in [2.75, 3.05) is 13.2 Å². The van der Waals surface area contributed by atoms with E-state index in [0.29, 0.717) is 31.8 Å².